The molecular formula is C11H12N4O2. The van der Waals surface area contributed by atoms with Gasteiger partial charge in [0.25, 0.3) is 5.78 Å². The third-order valence-electron chi connectivity index (χ3n) is 2.32. The molecule has 0 aliphatic rings. The van der Waals surface area contributed by atoms with Gasteiger partial charge >= 0.3 is 0 Å². The molecule has 0 radical (unpaired) electrons. The van der Waals surface area contributed by atoms with Gasteiger partial charge in [-0.1, -0.05) is 0 Å². The van der Waals surface area contributed by atoms with Crippen LogP contribution in [0.4, 0.5) is 0 Å². The predicted molar refractivity (Wildman–Crippen MR) is 60.0 cm³/mol. The fraction of sp³-hybridized carbons (Fsp3) is 0.273. The number of ketones is 1. The summed E-state index contributed by atoms with van der Waals surface area (Å²) >= 11 is 0. The Balaban J connectivity index is 2.43. The Hall–Kier alpha value is -2.24. The highest BCUT2D eigenvalue weighted by molar-refractivity contribution is 6.07. The SMILES string of the molecule is COc1cnn(C)c1C(=O)c1ncc(C)cn1. The summed E-state index contributed by atoms with van der Waals surface area (Å²) in [6, 6.07) is 0. The number of aryl methyl sites for hydroxylation is 2. The van der Waals surface area contributed by atoms with Gasteiger partial charge in [-0.25, -0.2) is 9.97 Å². The number of carbonyl (C=O) groups excluding carboxylic acids is 1. The number of nitrogens with zero attached hydrogens (tertiary/aromatic N) is 4. The smallest absolute Gasteiger partial charge is 0.251 e. The molecule has 0 amide bonds. The Kier molecular flexibility index (Phi) is 2.86. The second-order valence-corrected chi connectivity index (χ2v) is 3.60. The molecule has 0 unspecified atom stereocenters. The lowest BCUT2D eigenvalue weighted by molar-refractivity contribution is 0.101. The number of rotatable bonds is 3. The number of hydrogen-bond donors (Lipinski definition) is 0. The van der Waals surface area contributed by atoms with E-state index in [0.717, 1.165) is 5.56 Å². The van der Waals surface area contributed by atoms with Crippen LogP contribution in [0, 0.1) is 6.92 Å². The average molecular weight is 232 g/mol. The summed E-state index contributed by atoms with van der Waals surface area (Å²) in [5, 5.41) is 3.97. The van der Waals surface area contributed by atoms with Gasteiger partial charge in [-0.15, -0.1) is 0 Å². The summed E-state index contributed by atoms with van der Waals surface area (Å²) in [5.74, 6) is 0.251. The molecule has 2 aromatic rings. The minimum absolute atomic E-state index is 0.137. The fourth-order valence-corrected chi connectivity index (χ4v) is 1.44. The molecule has 0 saturated carbocycles. The summed E-state index contributed by atoms with van der Waals surface area (Å²) in [6.07, 6.45) is 4.69. The molecule has 88 valence electrons. The van der Waals surface area contributed by atoms with Gasteiger partial charge in [0, 0.05) is 19.4 Å². The first-order valence-electron chi connectivity index (χ1n) is 5.03. The molecule has 0 fully saturated rings. The lowest BCUT2D eigenvalue weighted by Crippen LogP contribution is -2.12. The van der Waals surface area contributed by atoms with Crippen LogP contribution in [0.2, 0.25) is 0 Å². The van der Waals surface area contributed by atoms with E-state index in [1.807, 2.05) is 6.92 Å². The fourth-order valence-electron chi connectivity index (χ4n) is 1.44. The van der Waals surface area contributed by atoms with Crippen molar-refractivity contribution in [2.45, 2.75) is 6.92 Å². The average Bonchev–Trinajstić information content (AvgIpc) is 2.70. The maximum Gasteiger partial charge on any atom is 0.251 e. The van der Waals surface area contributed by atoms with E-state index in [1.54, 1.807) is 19.4 Å². The van der Waals surface area contributed by atoms with Gasteiger partial charge in [0.05, 0.1) is 13.3 Å². The largest absolute Gasteiger partial charge is 0.493 e. The monoisotopic (exact) mass is 232 g/mol. The first kappa shape index (κ1) is 11.3. The molecule has 0 aliphatic heterocycles. The van der Waals surface area contributed by atoms with E-state index in [2.05, 4.69) is 15.1 Å². The lowest BCUT2D eigenvalue weighted by atomic mass is 10.2. The lowest BCUT2D eigenvalue weighted by Gasteiger charge is -2.03. The molecule has 0 N–H and O–H groups in total. The van der Waals surface area contributed by atoms with Crippen LogP contribution < -0.4 is 4.74 Å². The third kappa shape index (κ3) is 2.01. The molecule has 6 heteroatoms. The molecule has 2 rings (SSSR count). The van der Waals surface area contributed by atoms with Crippen molar-refractivity contribution in [3.05, 3.63) is 35.7 Å². The minimum Gasteiger partial charge on any atom is -0.493 e. The van der Waals surface area contributed by atoms with Crippen LogP contribution in [-0.4, -0.2) is 32.6 Å². The van der Waals surface area contributed by atoms with Gasteiger partial charge in [-0.05, 0) is 12.5 Å². The topological polar surface area (TPSA) is 69.9 Å². The van der Waals surface area contributed by atoms with Crippen molar-refractivity contribution in [2.24, 2.45) is 7.05 Å². The Bertz CT molecular complexity index is 545. The Morgan fingerprint density at radius 3 is 2.53 bits per heavy atom. The molecular weight excluding hydrogens is 220 g/mol. The van der Waals surface area contributed by atoms with Crippen molar-refractivity contribution >= 4 is 5.78 Å². The standard InChI is InChI=1S/C11H12N4O2/c1-7-4-12-11(13-5-7)10(16)9-8(17-3)6-14-15(9)2/h4-6H,1-3H3. The summed E-state index contributed by atoms with van der Waals surface area (Å²) in [4.78, 5) is 20.1. The van der Waals surface area contributed by atoms with Crippen LogP contribution in [0.15, 0.2) is 18.6 Å². The number of hydrogen-bond acceptors (Lipinski definition) is 5. The van der Waals surface area contributed by atoms with E-state index in [-0.39, 0.29) is 11.6 Å². The van der Waals surface area contributed by atoms with Crippen LogP contribution in [0.25, 0.3) is 0 Å². The molecule has 0 spiro atoms. The molecule has 0 aliphatic carbocycles. The molecule has 0 atom stereocenters. The minimum atomic E-state index is -0.304. The molecule has 6 nitrogen and oxygen atoms in total. The van der Waals surface area contributed by atoms with Crippen LogP contribution in [0.1, 0.15) is 21.9 Å². The quantitative estimate of drug-likeness (QED) is 0.730. The van der Waals surface area contributed by atoms with Crippen LogP contribution >= 0.6 is 0 Å². The molecule has 17 heavy (non-hydrogen) atoms. The van der Waals surface area contributed by atoms with Gasteiger partial charge in [-0.3, -0.25) is 9.48 Å². The molecule has 2 aromatic heterocycles. The first-order chi connectivity index (χ1) is 8.13. The highest BCUT2D eigenvalue weighted by Gasteiger charge is 2.21. The maximum absolute atomic E-state index is 12.2. The van der Waals surface area contributed by atoms with E-state index in [4.69, 9.17) is 4.74 Å². The number of ether oxygens (including phenoxy) is 1. The summed E-state index contributed by atoms with van der Waals surface area (Å²) in [7, 11) is 3.16. The Morgan fingerprint density at radius 1 is 1.29 bits per heavy atom. The predicted octanol–water partition coefficient (Wildman–Crippen LogP) is 0.758. The maximum atomic E-state index is 12.2. The van der Waals surface area contributed by atoms with Crippen molar-refractivity contribution in [1.29, 1.82) is 0 Å². The van der Waals surface area contributed by atoms with Gasteiger partial charge in [0.1, 0.15) is 0 Å². The van der Waals surface area contributed by atoms with Crippen LogP contribution in [0.5, 0.6) is 5.75 Å². The van der Waals surface area contributed by atoms with Gasteiger partial charge < -0.3 is 4.74 Å². The van der Waals surface area contributed by atoms with Crippen molar-refractivity contribution in [1.82, 2.24) is 19.7 Å². The summed E-state index contributed by atoms with van der Waals surface area (Å²) < 4.78 is 6.52. The summed E-state index contributed by atoms with van der Waals surface area (Å²) in [6.45, 7) is 1.86. The molecule has 2 heterocycles. The van der Waals surface area contributed by atoms with Crippen molar-refractivity contribution in [3.63, 3.8) is 0 Å². The first-order valence-corrected chi connectivity index (χ1v) is 5.03. The zero-order chi connectivity index (χ0) is 12.4. The Morgan fingerprint density at radius 2 is 1.94 bits per heavy atom. The molecule has 0 saturated heterocycles. The van der Waals surface area contributed by atoms with E-state index in [0.29, 0.717) is 11.4 Å². The number of carbonyl (C=O) groups is 1. The van der Waals surface area contributed by atoms with E-state index >= 15 is 0 Å². The van der Waals surface area contributed by atoms with Gasteiger partial charge in [-0.2, -0.15) is 5.10 Å². The zero-order valence-corrected chi connectivity index (χ0v) is 9.84. The van der Waals surface area contributed by atoms with E-state index in [9.17, 15) is 4.79 Å². The molecule has 0 aromatic carbocycles. The van der Waals surface area contributed by atoms with Gasteiger partial charge in [0.15, 0.2) is 11.4 Å². The van der Waals surface area contributed by atoms with E-state index < -0.39 is 0 Å². The number of aromatic nitrogens is 4. The highest BCUT2D eigenvalue weighted by atomic mass is 16.5. The van der Waals surface area contributed by atoms with E-state index in [1.165, 1.54) is 18.0 Å². The zero-order valence-electron chi connectivity index (χ0n) is 9.84. The second-order valence-electron chi connectivity index (χ2n) is 3.60. The second kappa shape index (κ2) is 4.32. The normalized spacial score (nSPS) is 10.3. The third-order valence-corrected chi connectivity index (χ3v) is 2.32. The Labute approximate surface area is 98.3 Å². The van der Waals surface area contributed by atoms with Crippen molar-refractivity contribution in [3.8, 4) is 5.75 Å². The van der Waals surface area contributed by atoms with Crippen molar-refractivity contribution in [2.75, 3.05) is 7.11 Å². The van der Waals surface area contributed by atoms with Crippen LogP contribution in [0.3, 0.4) is 0 Å². The van der Waals surface area contributed by atoms with Crippen LogP contribution in [-0.2, 0) is 7.05 Å². The van der Waals surface area contributed by atoms with Crippen molar-refractivity contribution < 1.29 is 9.53 Å². The number of methoxy groups -OCH3 is 1. The summed E-state index contributed by atoms with van der Waals surface area (Å²) in [5.41, 5.74) is 1.25. The van der Waals surface area contributed by atoms with Gasteiger partial charge in [0.2, 0.25) is 5.82 Å². The molecule has 0 bridgehead atoms. The highest BCUT2D eigenvalue weighted by Crippen LogP contribution is 2.18.